The van der Waals surface area contributed by atoms with Gasteiger partial charge in [0.15, 0.2) is 0 Å². The van der Waals surface area contributed by atoms with Crippen molar-refractivity contribution in [2.45, 2.75) is 32.9 Å². The van der Waals surface area contributed by atoms with Crippen LogP contribution in [-0.2, 0) is 17.8 Å². The highest BCUT2D eigenvalue weighted by atomic mass is 16.5. The van der Waals surface area contributed by atoms with Gasteiger partial charge in [0.05, 0.1) is 7.11 Å². The summed E-state index contributed by atoms with van der Waals surface area (Å²) in [7, 11) is 1.61. The van der Waals surface area contributed by atoms with Crippen LogP contribution in [0.15, 0.2) is 48.5 Å². The van der Waals surface area contributed by atoms with Crippen LogP contribution in [0.1, 0.15) is 25.0 Å². The van der Waals surface area contributed by atoms with Gasteiger partial charge in [-0.15, -0.1) is 0 Å². The molecule has 2 aromatic carbocycles. The van der Waals surface area contributed by atoms with E-state index < -0.39 is 6.04 Å². The third kappa shape index (κ3) is 4.44. The summed E-state index contributed by atoms with van der Waals surface area (Å²) in [4.78, 5) is 27.3. The summed E-state index contributed by atoms with van der Waals surface area (Å²) in [5.41, 5.74) is 3.04. The predicted octanol–water partition coefficient (Wildman–Crippen LogP) is 3.11. The first-order valence-electron chi connectivity index (χ1n) is 9.56. The molecular formula is C22H27N3O3. The molecule has 0 aliphatic carbocycles. The maximum atomic E-state index is 13.1. The highest BCUT2D eigenvalue weighted by molar-refractivity contribution is 6.00. The van der Waals surface area contributed by atoms with Crippen LogP contribution < -0.4 is 20.3 Å². The Labute approximate surface area is 165 Å². The molecule has 6 heteroatoms. The van der Waals surface area contributed by atoms with Gasteiger partial charge in [0.2, 0.25) is 5.91 Å². The lowest BCUT2D eigenvalue weighted by atomic mass is 10.0. The van der Waals surface area contributed by atoms with Gasteiger partial charge in [-0.1, -0.05) is 44.2 Å². The van der Waals surface area contributed by atoms with Crippen molar-refractivity contribution in [3.05, 3.63) is 59.7 Å². The fourth-order valence-corrected chi connectivity index (χ4v) is 3.41. The minimum Gasteiger partial charge on any atom is -0.497 e. The van der Waals surface area contributed by atoms with Crippen LogP contribution in [-0.4, -0.2) is 31.6 Å². The molecule has 28 heavy (non-hydrogen) atoms. The Morgan fingerprint density at radius 1 is 1.14 bits per heavy atom. The second-order valence-corrected chi connectivity index (χ2v) is 7.27. The molecule has 0 aromatic heterocycles. The number of rotatable bonds is 6. The molecule has 1 aliphatic heterocycles. The van der Waals surface area contributed by atoms with Gasteiger partial charge in [-0.25, -0.2) is 4.79 Å². The molecule has 0 bridgehead atoms. The van der Waals surface area contributed by atoms with Crippen molar-refractivity contribution >= 4 is 17.6 Å². The van der Waals surface area contributed by atoms with Gasteiger partial charge in [-0.2, -0.15) is 0 Å². The Bertz CT molecular complexity index is 850. The quantitative estimate of drug-likeness (QED) is 0.808. The number of ether oxygens (including phenoxy) is 1. The predicted molar refractivity (Wildman–Crippen MR) is 109 cm³/mol. The van der Waals surface area contributed by atoms with E-state index in [0.717, 1.165) is 23.4 Å². The summed E-state index contributed by atoms with van der Waals surface area (Å²) in [6.45, 7) is 4.88. The van der Waals surface area contributed by atoms with Crippen LogP contribution >= 0.6 is 0 Å². The second-order valence-electron chi connectivity index (χ2n) is 7.27. The topological polar surface area (TPSA) is 70.7 Å². The van der Waals surface area contributed by atoms with Gasteiger partial charge in [-0.05, 0) is 41.7 Å². The van der Waals surface area contributed by atoms with E-state index in [1.54, 1.807) is 12.0 Å². The van der Waals surface area contributed by atoms with Crippen molar-refractivity contribution < 1.29 is 14.3 Å². The Kier molecular flexibility index (Phi) is 6.19. The van der Waals surface area contributed by atoms with Crippen molar-refractivity contribution in [1.29, 1.82) is 0 Å². The lowest BCUT2D eigenvalue weighted by molar-refractivity contribution is -0.121. The maximum absolute atomic E-state index is 13.1. The molecule has 2 N–H and O–H groups in total. The summed E-state index contributed by atoms with van der Waals surface area (Å²) < 4.78 is 5.20. The van der Waals surface area contributed by atoms with Crippen molar-refractivity contribution in [2.24, 2.45) is 5.92 Å². The van der Waals surface area contributed by atoms with Crippen molar-refractivity contribution in [2.75, 3.05) is 18.6 Å². The third-order valence-electron chi connectivity index (χ3n) is 4.96. The standard InChI is InChI=1S/C22H27N3O3/c1-15(2)20(21(26)25-12-11-17-8-4-5-10-19(17)25)24-22(27)23-14-16-7-6-9-18(13-16)28-3/h4-10,13,15,20H,11-12,14H2,1-3H3,(H2,23,24,27)/t20-/m1/s1. The number of para-hydroxylation sites is 1. The Morgan fingerprint density at radius 3 is 2.68 bits per heavy atom. The number of carbonyl (C=O) groups is 2. The molecule has 0 fully saturated rings. The van der Waals surface area contributed by atoms with E-state index in [9.17, 15) is 9.59 Å². The smallest absolute Gasteiger partial charge is 0.315 e. The Hall–Kier alpha value is -3.02. The van der Waals surface area contributed by atoms with E-state index in [2.05, 4.69) is 10.6 Å². The first-order valence-corrected chi connectivity index (χ1v) is 9.56. The number of carbonyl (C=O) groups excluding carboxylic acids is 2. The van der Waals surface area contributed by atoms with Crippen LogP contribution in [0.3, 0.4) is 0 Å². The first-order chi connectivity index (χ1) is 13.5. The number of urea groups is 1. The van der Waals surface area contributed by atoms with E-state index in [1.807, 2.05) is 62.4 Å². The number of fused-ring (bicyclic) bond motifs is 1. The van der Waals surface area contributed by atoms with Gasteiger partial charge >= 0.3 is 6.03 Å². The minimum absolute atomic E-state index is 0.0252. The molecular weight excluding hydrogens is 354 g/mol. The number of hydrogen-bond acceptors (Lipinski definition) is 3. The Balaban J connectivity index is 1.62. The number of nitrogens with zero attached hydrogens (tertiary/aromatic N) is 1. The summed E-state index contributed by atoms with van der Waals surface area (Å²) in [6.07, 6.45) is 0.842. The summed E-state index contributed by atoms with van der Waals surface area (Å²) in [5, 5.41) is 5.67. The van der Waals surface area contributed by atoms with E-state index >= 15 is 0 Å². The molecule has 6 nitrogen and oxygen atoms in total. The van der Waals surface area contributed by atoms with E-state index in [-0.39, 0.29) is 17.9 Å². The molecule has 0 spiro atoms. The van der Waals surface area contributed by atoms with Crippen LogP contribution in [0, 0.1) is 5.92 Å². The number of hydrogen-bond donors (Lipinski definition) is 2. The minimum atomic E-state index is -0.587. The van der Waals surface area contributed by atoms with Crippen LogP contribution in [0.2, 0.25) is 0 Å². The summed E-state index contributed by atoms with van der Waals surface area (Å²) in [6, 6.07) is 14.5. The lowest BCUT2D eigenvalue weighted by Crippen LogP contribution is -2.53. The highest BCUT2D eigenvalue weighted by Crippen LogP contribution is 2.28. The van der Waals surface area contributed by atoms with Crippen LogP contribution in [0.25, 0.3) is 0 Å². The van der Waals surface area contributed by atoms with Gasteiger partial charge < -0.3 is 20.3 Å². The van der Waals surface area contributed by atoms with E-state index in [0.29, 0.717) is 13.1 Å². The van der Waals surface area contributed by atoms with Gasteiger partial charge in [0, 0.05) is 18.8 Å². The van der Waals surface area contributed by atoms with Crippen LogP contribution in [0.4, 0.5) is 10.5 Å². The molecule has 1 atom stereocenters. The Morgan fingerprint density at radius 2 is 1.93 bits per heavy atom. The summed E-state index contributed by atoms with van der Waals surface area (Å²) >= 11 is 0. The van der Waals surface area contributed by atoms with Gasteiger partial charge in [0.1, 0.15) is 11.8 Å². The number of anilines is 1. The molecule has 0 unspecified atom stereocenters. The van der Waals surface area contributed by atoms with Crippen LogP contribution in [0.5, 0.6) is 5.75 Å². The summed E-state index contributed by atoms with van der Waals surface area (Å²) in [5.74, 6) is 0.641. The number of methoxy groups -OCH3 is 1. The zero-order chi connectivity index (χ0) is 20.1. The largest absolute Gasteiger partial charge is 0.497 e. The second kappa shape index (κ2) is 8.78. The third-order valence-corrected chi connectivity index (χ3v) is 4.96. The zero-order valence-electron chi connectivity index (χ0n) is 16.6. The average molecular weight is 381 g/mol. The molecule has 3 amide bonds. The average Bonchev–Trinajstić information content (AvgIpc) is 3.14. The number of amides is 3. The molecule has 2 aromatic rings. The monoisotopic (exact) mass is 381 g/mol. The first kappa shape index (κ1) is 19.7. The van der Waals surface area contributed by atoms with Crippen molar-refractivity contribution in [3.63, 3.8) is 0 Å². The SMILES string of the molecule is COc1cccc(CNC(=O)N[C@@H](C(=O)N2CCc3ccccc32)C(C)C)c1. The van der Waals surface area contributed by atoms with E-state index in [4.69, 9.17) is 4.74 Å². The molecule has 0 saturated carbocycles. The molecule has 1 aliphatic rings. The van der Waals surface area contributed by atoms with Crippen molar-refractivity contribution in [3.8, 4) is 5.75 Å². The zero-order valence-corrected chi connectivity index (χ0v) is 16.6. The molecule has 0 radical (unpaired) electrons. The lowest BCUT2D eigenvalue weighted by Gasteiger charge is -2.27. The number of nitrogens with one attached hydrogen (secondary N) is 2. The van der Waals surface area contributed by atoms with Gasteiger partial charge in [-0.3, -0.25) is 4.79 Å². The van der Waals surface area contributed by atoms with Gasteiger partial charge in [0.25, 0.3) is 0 Å². The highest BCUT2D eigenvalue weighted by Gasteiger charge is 2.32. The molecule has 0 saturated heterocycles. The maximum Gasteiger partial charge on any atom is 0.315 e. The molecule has 1 heterocycles. The van der Waals surface area contributed by atoms with E-state index in [1.165, 1.54) is 5.56 Å². The molecule has 3 rings (SSSR count). The molecule has 148 valence electrons. The number of benzene rings is 2. The van der Waals surface area contributed by atoms with Crippen molar-refractivity contribution in [1.82, 2.24) is 10.6 Å². The normalized spacial score (nSPS) is 13.8. The fourth-order valence-electron chi connectivity index (χ4n) is 3.41. The fraction of sp³-hybridized carbons (Fsp3) is 0.364.